The molecule has 1 heterocycles. The van der Waals surface area contributed by atoms with Gasteiger partial charge in [0.1, 0.15) is 0 Å². The van der Waals surface area contributed by atoms with Gasteiger partial charge in [0.15, 0.2) is 0 Å². The summed E-state index contributed by atoms with van der Waals surface area (Å²) in [7, 11) is -3.66. The van der Waals surface area contributed by atoms with E-state index in [2.05, 4.69) is 5.32 Å². The number of benzene rings is 1. The molecule has 1 aliphatic heterocycles. The molecule has 7 heteroatoms. The van der Waals surface area contributed by atoms with Crippen LogP contribution in [0.1, 0.15) is 49.4 Å². The van der Waals surface area contributed by atoms with E-state index in [4.69, 9.17) is 0 Å². The van der Waals surface area contributed by atoms with Crippen LogP contribution in [0.2, 0.25) is 0 Å². The number of nitrogens with one attached hydrogen (secondary N) is 1. The molecule has 2 fully saturated rings. The first-order chi connectivity index (χ1) is 11.4. The molecule has 0 spiro atoms. The summed E-state index contributed by atoms with van der Waals surface area (Å²) in [6, 6.07) is 6.44. The van der Waals surface area contributed by atoms with Crippen molar-refractivity contribution < 1.29 is 18.0 Å². The topological polar surface area (TPSA) is 83.6 Å². The van der Waals surface area contributed by atoms with Crippen molar-refractivity contribution in [1.29, 1.82) is 0 Å². The summed E-state index contributed by atoms with van der Waals surface area (Å²) >= 11 is 0. The predicted molar refractivity (Wildman–Crippen MR) is 91.2 cm³/mol. The minimum absolute atomic E-state index is 0.173. The smallest absolute Gasteiger partial charge is 0.251 e. The van der Waals surface area contributed by atoms with Gasteiger partial charge in [0, 0.05) is 11.6 Å². The van der Waals surface area contributed by atoms with E-state index < -0.39 is 21.8 Å². The van der Waals surface area contributed by atoms with Crippen molar-refractivity contribution in [2.45, 2.75) is 45.1 Å². The molecule has 0 radical (unpaired) electrons. The third-order valence-electron chi connectivity index (χ3n) is 4.64. The van der Waals surface area contributed by atoms with Crippen molar-refractivity contribution in [3.05, 3.63) is 29.8 Å². The molecule has 1 saturated heterocycles. The lowest BCUT2D eigenvalue weighted by molar-refractivity contribution is -0.119. The molecule has 24 heavy (non-hydrogen) atoms. The Morgan fingerprint density at radius 2 is 1.92 bits per heavy atom. The van der Waals surface area contributed by atoms with E-state index in [-0.39, 0.29) is 23.4 Å². The molecule has 1 atom stereocenters. The van der Waals surface area contributed by atoms with Crippen LogP contribution < -0.4 is 9.62 Å². The first-order valence-corrected chi connectivity index (χ1v) is 9.97. The van der Waals surface area contributed by atoms with Gasteiger partial charge in [-0.3, -0.25) is 9.59 Å². The second-order valence-electron chi connectivity index (χ2n) is 6.64. The fourth-order valence-corrected chi connectivity index (χ4v) is 5.19. The lowest BCUT2D eigenvalue weighted by Gasteiger charge is -2.23. The Balaban J connectivity index is 1.81. The standard InChI is InChI=1S/C17H22N2O4S/c1-12-11-24(22,23)19(17(12)21)15-9-5-6-13(10-15)16(20)18-14-7-3-2-4-8-14/h5-6,9-10,12,14H,2-4,7-8,11H2,1H3,(H,18,20). The van der Waals surface area contributed by atoms with E-state index in [1.807, 2.05) is 0 Å². The zero-order valence-corrected chi connectivity index (χ0v) is 14.5. The Hall–Kier alpha value is -1.89. The fraction of sp³-hybridized carbons (Fsp3) is 0.529. The van der Waals surface area contributed by atoms with Gasteiger partial charge in [-0.25, -0.2) is 12.7 Å². The lowest BCUT2D eigenvalue weighted by Crippen LogP contribution is -2.36. The van der Waals surface area contributed by atoms with Crippen molar-refractivity contribution in [2.75, 3.05) is 10.1 Å². The van der Waals surface area contributed by atoms with Crippen LogP contribution in [0.15, 0.2) is 24.3 Å². The second kappa shape index (κ2) is 6.55. The lowest BCUT2D eigenvalue weighted by atomic mass is 9.95. The van der Waals surface area contributed by atoms with Crippen LogP contribution in [0, 0.1) is 5.92 Å². The number of anilines is 1. The summed E-state index contributed by atoms with van der Waals surface area (Å²) in [5.41, 5.74) is 0.612. The van der Waals surface area contributed by atoms with Crippen molar-refractivity contribution in [3.8, 4) is 0 Å². The van der Waals surface area contributed by atoms with E-state index in [0.29, 0.717) is 5.56 Å². The molecule has 1 aromatic rings. The molecule has 130 valence electrons. The van der Waals surface area contributed by atoms with Gasteiger partial charge < -0.3 is 5.32 Å². The molecule has 2 aliphatic rings. The zero-order chi connectivity index (χ0) is 17.3. The van der Waals surface area contributed by atoms with E-state index >= 15 is 0 Å². The molecule has 0 aromatic heterocycles. The molecule has 0 bridgehead atoms. The number of hydrogen-bond acceptors (Lipinski definition) is 4. The molecular weight excluding hydrogens is 328 g/mol. The molecule has 1 aliphatic carbocycles. The van der Waals surface area contributed by atoms with Crippen LogP contribution in [-0.2, 0) is 14.8 Å². The van der Waals surface area contributed by atoms with Crippen molar-refractivity contribution in [3.63, 3.8) is 0 Å². The fourth-order valence-electron chi connectivity index (χ4n) is 3.38. The minimum Gasteiger partial charge on any atom is -0.349 e. The summed E-state index contributed by atoms with van der Waals surface area (Å²) < 4.78 is 25.2. The Morgan fingerprint density at radius 3 is 2.54 bits per heavy atom. The Kier molecular flexibility index (Phi) is 4.62. The SMILES string of the molecule is CC1CS(=O)(=O)N(c2cccc(C(=O)NC3CCCCC3)c2)C1=O. The van der Waals surface area contributed by atoms with Gasteiger partial charge in [-0.2, -0.15) is 0 Å². The van der Waals surface area contributed by atoms with Gasteiger partial charge in [-0.05, 0) is 31.0 Å². The predicted octanol–water partition coefficient (Wildman–Crippen LogP) is 2.06. The van der Waals surface area contributed by atoms with Gasteiger partial charge in [-0.1, -0.05) is 32.3 Å². The number of nitrogens with zero attached hydrogens (tertiary/aromatic N) is 1. The van der Waals surface area contributed by atoms with Crippen molar-refractivity contribution >= 4 is 27.5 Å². The number of carbonyl (C=O) groups excluding carboxylic acids is 2. The van der Waals surface area contributed by atoms with Crippen LogP contribution >= 0.6 is 0 Å². The van der Waals surface area contributed by atoms with Crippen LogP contribution in [-0.4, -0.2) is 32.0 Å². The van der Waals surface area contributed by atoms with Crippen LogP contribution in [0.4, 0.5) is 5.69 Å². The highest BCUT2D eigenvalue weighted by Gasteiger charge is 2.42. The van der Waals surface area contributed by atoms with Crippen LogP contribution in [0.3, 0.4) is 0 Å². The number of hydrogen-bond donors (Lipinski definition) is 1. The maximum absolute atomic E-state index is 12.4. The molecule has 6 nitrogen and oxygen atoms in total. The van der Waals surface area contributed by atoms with Crippen LogP contribution in [0.25, 0.3) is 0 Å². The molecule has 1 unspecified atom stereocenters. The quantitative estimate of drug-likeness (QED) is 0.904. The summed E-state index contributed by atoms with van der Waals surface area (Å²) in [6.07, 6.45) is 5.38. The molecule has 1 aromatic carbocycles. The Bertz CT molecular complexity index is 754. The third-order valence-corrected chi connectivity index (χ3v) is 6.51. The average Bonchev–Trinajstić information content (AvgIpc) is 2.76. The summed E-state index contributed by atoms with van der Waals surface area (Å²) in [5.74, 6) is -1.42. The van der Waals surface area contributed by atoms with E-state index in [1.54, 1.807) is 25.1 Å². The highest BCUT2D eigenvalue weighted by Crippen LogP contribution is 2.29. The zero-order valence-electron chi connectivity index (χ0n) is 13.7. The number of amides is 2. The monoisotopic (exact) mass is 350 g/mol. The highest BCUT2D eigenvalue weighted by atomic mass is 32.2. The van der Waals surface area contributed by atoms with Gasteiger partial charge in [0.05, 0.1) is 17.4 Å². The normalized spacial score (nSPS) is 24.1. The van der Waals surface area contributed by atoms with E-state index in [9.17, 15) is 18.0 Å². The van der Waals surface area contributed by atoms with E-state index in [0.717, 1.165) is 30.0 Å². The second-order valence-corrected chi connectivity index (χ2v) is 8.50. The Morgan fingerprint density at radius 1 is 1.21 bits per heavy atom. The maximum atomic E-state index is 12.4. The number of rotatable bonds is 3. The third kappa shape index (κ3) is 3.31. The van der Waals surface area contributed by atoms with Gasteiger partial charge >= 0.3 is 0 Å². The highest BCUT2D eigenvalue weighted by molar-refractivity contribution is 7.94. The van der Waals surface area contributed by atoms with Gasteiger partial charge in [0.2, 0.25) is 15.9 Å². The molecule has 2 amide bonds. The summed E-state index contributed by atoms with van der Waals surface area (Å²) in [5, 5.41) is 3.00. The molecule has 1 N–H and O–H groups in total. The minimum atomic E-state index is -3.66. The first-order valence-electron chi connectivity index (χ1n) is 8.36. The molecular formula is C17H22N2O4S. The first kappa shape index (κ1) is 17.0. The molecule has 1 saturated carbocycles. The van der Waals surface area contributed by atoms with Crippen LogP contribution in [0.5, 0.6) is 0 Å². The maximum Gasteiger partial charge on any atom is 0.251 e. The molecule has 3 rings (SSSR count). The largest absolute Gasteiger partial charge is 0.349 e. The van der Waals surface area contributed by atoms with Gasteiger partial charge in [0.25, 0.3) is 5.91 Å². The van der Waals surface area contributed by atoms with Crippen molar-refractivity contribution in [1.82, 2.24) is 5.32 Å². The average molecular weight is 350 g/mol. The van der Waals surface area contributed by atoms with E-state index in [1.165, 1.54) is 12.5 Å². The summed E-state index contributed by atoms with van der Waals surface area (Å²) in [4.78, 5) is 24.6. The van der Waals surface area contributed by atoms with Gasteiger partial charge in [-0.15, -0.1) is 0 Å². The number of sulfonamides is 1. The van der Waals surface area contributed by atoms with Crippen molar-refractivity contribution in [2.24, 2.45) is 5.92 Å². The summed E-state index contributed by atoms with van der Waals surface area (Å²) in [6.45, 7) is 1.60. The number of carbonyl (C=O) groups is 2. The Labute approximate surface area is 142 Å².